The van der Waals surface area contributed by atoms with Crippen molar-refractivity contribution in [1.82, 2.24) is 14.2 Å². The topological polar surface area (TPSA) is 137 Å². The number of nitrogens with zero attached hydrogens (tertiary/aromatic N) is 3. The minimum absolute atomic E-state index is 0.104. The summed E-state index contributed by atoms with van der Waals surface area (Å²) in [7, 11) is -1.11. The molecule has 0 amide bonds. The maximum Gasteiger partial charge on any atom is 0.330 e. The second-order valence-electron chi connectivity index (χ2n) is 10.1. The SMILES string of the molecule is CCOP(CC(C)CC1OC(n2ccc(=O)[nH]c2=O)C(OC)C1OP(OCCC#N)N(C(C)C)C(C)C)OCC. The van der Waals surface area contributed by atoms with Crippen molar-refractivity contribution in [2.24, 2.45) is 5.92 Å². The van der Waals surface area contributed by atoms with Crippen LogP contribution in [-0.4, -0.2) is 77.7 Å². The molecule has 6 unspecified atom stereocenters. The summed E-state index contributed by atoms with van der Waals surface area (Å²) in [6.07, 6.45) is 0.362. The van der Waals surface area contributed by atoms with E-state index in [1.165, 1.54) is 16.8 Å². The van der Waals surface area contributed by atoms with Crippen LogP contribution in [0, 0.1) is 17.2 Å². The highest BCUT2D eigenvalue weighted by atomic mass is 31.2. The number of methoxy groups -OCH3 is 1. The van der Waals surface area contributed by atoms with Crippen LogP contribution in [0.15, 0.2) is 21.9 Å². The van der Waals surface area contributed by atoms with Gasteiger partial charge in [0.1, 0.15) is 12.2 Å². The predicted molar refractivity (Wildman–Crippen MR) is 155 cm³/mol. The molecule has 0 radical (unpaired) electrons. The first-order chi connectivity index (χ1) is 19.1. The average molecular weight is 605 g/mol. The van der Waals surface area contributed by atoms with Gasteiger partial charge < -0.3 is 27.6 Å². The molecule has 2 heterocycles. The van der Waals surface area contributed by atoms with Gasteiger partial charge in [0.15, 0.2) is 14.6 Å². The standard InChI is InChI=1S/C26H46N4O8P2/c1-9-34-39(35-10-2)17-20(7)16-21-23(38-40(36-15-11-13-27)30(18(3)4)19(5)6)24(33-8)25(37-21)29-14-12-22(31)28-26(29)32/h12,14,18-21,23-25H,9-11,15-17H2,1-8H3,(H,28,31,32). The maximum atomic E-state index is 12.7. The van der Waals surface area contributed by atoms with E-state index in [2.05, 4.69) is 50.3 Å². The molecule has 0 spiro atoms. The molecule has 40 heavy (non-hydrogen) atoms. The Labute approximate surface area is 240 Å². The van der Waals surface area contributed by atoms with E-state index in [1.54, 1.807) is 7.11 Å². The van der Waals surface area contributed by atoms with Crippen LogP contribution in [0.25, 0.3) is 0 Å². The second-order valence-corrected chi connectivity index (χ2v) is 13.0. The Kier molecular flexibility index (Phi) is 15.4. The highest BCUT2D eigenvalue weighted by Crippen LogP contribution is 2.51. The van der Waals surface area contributed by atoms with Gasteiger partial charge in [-0.1, -0.05) is 6.92 Å². The number of aromatic nitrogens is 2. The highest BCUT2D eigenvalue weighted by molar-refractivity contribution is 7.47. The summed E-state index contributed by atoms with van der Waals surface area (Å²) in [5.41, 5.74) is -1.09. The third kappa shape index (κ3) is 9.94. The van der Waals surface area contributed by atoms with Crippen molar-refractivity contribution in [3.8, 4) is 6.07 Å². The van der Waals surface area contributed by atoms with Gasteiger partial charge in [0.2, 0.25) is 0 Å². The molecule has 228 valence electrons. The molecule has 1 aromatic rings. The zero-order valence-corrected chi connectivity index (χ0v) is 26.7. The van der Waals surface area contributed by atoms with Crippen LogP contribution in [0.3, 0.4) is 0 Å². The van der Waals surface area contributed by atoms with E-state index in [-0.39, 0.29) is 31.0 Å². The van der Waals surface area contributed by atoms with Gasteiger partial charge in [-0.05, 0) is 53.9 Å². The Morgan fingerprint density at radius 1 is 1.10 bits per heavy atom. The van der Waals surface area contributed by atoms with E-state index >= 15 is 0 Å². The van der Waals surface area contributed by atoms with Crippen molar-refractivity contribution in [2.45, 2.75) is 97.9 Å². The fourth-order valence-corrected chi connectivity index (χ4v) is 7.97. The molecule has 2 rings (SSSR count). The van der Waals surface area contributed by atoms with Crippen LogP contribution in [0.1, 0.15) is 67.5 Å². The van der Waals surface area contributed by atoms with Gasteiger partial charge in [-0.3, -0.25) is 14.3 Å². The first kappa shape index (κ1) is 34.9. The minimum atomic E-state index is -1.61. The molecule has 14 heteroatoms. The smallest absolute Gasteiger partial charge is 0.330 e. The zero-order valence-electron chi connectivity index (χ0n) is 24.9. The summed E-state index contributed by atoms with van der Waals surface area (Å²) in [6.45, 7) is 15.6. The lowest BCUT2D eigenvalue weighted by Gasteiger charge is -2.38. The van der Waals surface area contributed by atoms with Gasteiger partial charge in [-0.25, -0.2) is 9.46 Å². The molecule has 0 aliphatic carbocycles. The lowest BCUT2D eigenvalue weighted by atomic mass is 10.0. The quantitative estimate of drug-likeness (QED) is 0.188. The van der Waals surface area contributed by atoms with E-state index in [1.807, 2.05) is 13.8 Å². The molecule has 6 atom stereocenters. The molecular weight excluding hydrogens is 558 g/mol. The summed E-state index contributed by atoms with van der Waals surface area (Å²) in [6, 6.07) is 3.60. The number of H-pyrrole nitrogens is 1. The molecule has 1 N–H and O–H groups in total. The van der Waals surface area contributed by atoms with Crippen LogP contribution in [0.2, 0.25) is 0 Å². The van der Waals surface area contributed by atoms with E-state index in [4.69, 9.17) is 32.8 Å². The van der Waals surface area contributed by atoms with E-state index in [0.717, 1.165) is 0 Å². The number of hydrogen-bond donors (Lipinski definition) is 1. The number of rotatable bonds is 18. The summed E-state index contributed by atoms with van der Waals surface area (Å²) in [5.74, 6) is 0.140. The Hall–Kier alpha value is -1.25. The Morgan fingerprint density at radius 3 is 2.27 bits per heavy atom. The predicted octanol–water partition coefficient (Wildman–Crippen LogP) is 4.52. The number of aromatic amines is 1. The molecule has 12 nitrogen and oxygen atoms in total. The highest BCUT2D eigenvalue weighted by Gasteiger charge is 2.49. The van der Waals surface area contributed by atoms with Crippen LogP contribution in [-0.2, 0) is 27.6 Å². The average Bonchev–Trinajstić information content (AvgIpc) is 3.20. The molecule has 1 aromatic heterocycles. The van der Waals surface area contributed by atoms with Crippen molar-refractivity contribution in [3.63, 3.8) is 0 Å². The summed E-state index contributed by atoms with van der Waals surface area (Å²) >= 11 is 0. The normalized spacial score (nSPS) is 22.9. The third-order valence-corrected chi connectivity index (χ3v) is 10.3. The monoisotopic (exact) mass is 604 g/mol. The Bertz CT molecular complexity index is 1020. The van der Waals surface area contributed by atoms with E-state index < -0.39 is 52.7 Å². The first-order valence-electron chi connectivity index (χ1n) is 13.9. The van der Waals surface area contributed by atoms with Crippen LogP contribution < -0.4 is 11.2 Å². The number of nitrogens with one attached hydrogen (secondary N) is 1. The third-order valence-electron chi connectivity index (χ3n) is 6.20. The van der Waals surface area contributed by atoms with Crippen molar-refractivity contribution >= 4 is 16.9 Å². The minimum Gasteiger partial charge on any atom is -0.374 e. The summed E-state index contributed by atoms with van der Waals surface area (Å²) in [4.78, 5) is 26.8. The number of nitriles is 1. The lowest BCUT2D eigenvalue weighted by molar-refractivity contribution is -0.0563. The van der Waals surface area contributed by atoms with Crippen molar-refractivity contribution in [1.29, 1.82) is 5.26 Å². The van der Waals surface area contributed by atoms with E-state index in [0.29, 0.717) is 25.8 Å². The second kappa shape index (κ2) is 17.6. The molecule has 1 aliphatic heterocycles. The van der Waals surface area contributed by atoms with Gasteiger partial charge >= 0.3 is 5.69 Å². The molecule has 1 aliphatic rings. The molecule has 0 saturated carbocycles. The van der Waals surface area contributed by atoms with Gasteiger partial charge in [0.25, 0.3) is 14.1 Å². The van der Waals surface area contributed by atoms with Crippen molar-refractivity contribution in [3.05, 3.63) is 33.1 Å². The summed E-state index contributed by atoms with van der Waals surface area (Å²) < 4.78 is 40.4. The van der Waals surface area contributed by atoms with Gasteiger partial charge in [0, 0.05) is 37.6 Å². The molecular formula is C26H46N4O8P2. The number of ether oxygens (including phenoxy) is 2. The van der Waals surface area contributed by atoms with Crippen LogP contribution in [0.4, 0.5) is 0 Å². The molecule has 1 fully saturated rings. The molecule has 0 bridgehead atoms. The molecule has 1 saturated heterocycles. The molecule has 0 aromatic carbocycles. The fourth-order valence-electron chi connectivity index (χ4n) is 4.68. The van der Waals surface area contributed by atoms with Gasteiger partial charge in [-0.2, -0.15) is 5.26 Å². The largest absolute Gasteiger partial charge is 0.374 e. The maximum absolute atomic E-state index is 12.7. The van der Waals surface area contributed by atoms with Crippen LogP contribution in [0.5, 0.6) is 0 Å². The van der Waals surface area contributed by atoms with Crippen LogP contribution >= 0.6 is 16.9 Å². The van der Waals surface area contributed by atoms with Gasteiger partial charge in [-0.15, -0.1) is 0 Å². The zero-order chi connectivity index (χ0) is 29.8. The lowest BCUT2D eigenvalue weighted by Crippen LogP contribution is -2.41. The number of hydrogen-bond acceptors (Lipinski definition) is 10. The van der Waals surface area contributed by atoms with E-state index in [9.17, 15) is 9.59 Å². The Balaban J connectivity index is 2.44. The van der Waals surface area contributed by atoms with Crippen molar-refractivity contribution in [2.75, 3.05) is 33.1 Å². The van der Waals surface area contributed by atoms with Gasteiger partial charge in [0.05, 0.1) is 38.4 Å². The fraction of sp³-hybridized carbons (Fsp3) is 0.808. The van der Waals surface area contributed by atoms with Crippen molar-refractivity contribution < 1.29 is 27.6 Å². The first-order valence-corrected chi connectivity index (χ1v) is 16.3. The summed E-state index contributed by atoms with van der Waals surface area (Å²) in [5, 5.41) is 9.10. The Morgan fingerprint density at radius 2 is 1.75 bits per heavy atom.